The van der Waals surface area contributed by atoms with Gasteiger partial charge >= 0.3 is 5.97 Å². The van der Waals surface area contributed by atoms with Gasteiger partial charge in [0.1, 0.15) is 5.75 Å². The third kappa shape index (κ3) is 12.0. The molecule has 2 unspecified atom stereocenters. The van der Waals surface area contributed by atoms with Crippen LogP contribution >= 0.6 is 11.6 Å². The number of carbonyl (C=O) groups excluding carboxylic acids is 2. The molecule has 3 rings (SSSR count). The van der Waals surface area contributed by atoms with Crippen molar-refractivity contribution in [1.82, 2.24) is 5.32 Å². The van der Waals surface area contributed by atoms with E-state index in [9.17, 15) is 9.59 Å². The number of anilines is 2. The van der Waals surface area contributed by atoms with Crippen LogP contribution in [0.1, 0.15) is 99.9 Å². The molecule has 238 valence electrons. The van der Waals surface area contributed by atoms with E-state index in [4.69, 9.17) is 21.1 Å². The molecule has 3 aromatic rings. The quantitative estimate of drug-likeness (QED) is 0.0747. The SMILES string of the molecule is CCCCCCCCCCCCC(CC(OC)C(=O)Oc1ccccc1)NC(=O)c1ccccc1Nc1cccc(Cl)c1C. The van der Waals surface area contributed by atoms with Crippen LogP contribution < -0.4 is 15.4 Å². The number of unbranched alkanes of at least 4 members (excludes halogenated alkanes) is 9. The van der Waals surface area contributed by atoms with E-state index >= 15 is 0 Å². The smallest absolute Gasteiger partial charge is 0.340 e. The zero-order valence-corrected chi connectivity index (χ0v) is 27.3. The fourth-order valence-electron chi connectivity index (χ4n) is 5.29. The molecule has 0 aliphatic heterocycles. The van der Waals surface area contributed by atoms with E-state index in [0.717, 1.165) is 30.5 Å². The summed E-state index contributed by atoms with van der Waals surface area (Å²) in [6, 6.07) is 21.8. The van der Waals surface area contributed by atoms with Crippen molar-refractivity contribution in [2.24, 2.45) is 0 Å². The Morgan fingerprint density at radius 3 is 2.07 bits per heavy atom. The number of halogens is 1. The lowest BCUT2D eigenvalue weighted by Gasteiger charge is -2.24. The summed E-state index contributed by atoms with van der Waals surface area (Å²) in [6.45, 7) is 4.18. The molecule has 7 heteroatoms. The molecule has 3 aromatic carbocycles. The Labute approximate surface area is 268 Å². The minimum Gasteiger partial charge on any atom is -0.425 e. The van der Waals surface area contributed by atoms with Gasteiger partial charge < -0.3 is 20.1 Å². The predicted molar refractivity (Wildman–Crippen MR) is 181 cm³/mol. The Bertz CT molecular complexity index is 1280. The lowest BCUT2D eigenvalue weighted by Crippen LogP contribution is -2.41. The van der Waals surface area contributed by atoms with Gasteiger partial charge in [-0.1, -0.05) is 119 Å². The van der Waals surface area contributed by atoms with Gasteiger partial charge in [-0.15, -0.1) is 0 Å². The number of rotatable bonds is 20. The van der Waals surface area contributed by atoms with E-state index in [2.05, 4.69) is 17.6 Å². The molecule has 0 fully saturated rings. The van der Waals surface area contributed by atoms with E-state index < -0.39 is 12.1 Å². The monoisotopic (exact) mass is 620 g/mol. The van der Waals surface area contributed by atoms with Crippen LogP contribution in [-0.4, -0.2) is 31.1 Å². The van der Waals surface area contributed by atoms with Gasteiger partial charge in [-0.05, 0) is 55.3 Å². The van der Waals surface area contributed by atoms with Crippen molar-refractivity contribution in [2.45, 2.75) is 103 Å². The van der Waals surface area contributed by atoms with Crippen LogP contribution in [-0.2, 0) is 9.53 Å². The maximum atomic E-state index is 13.7. The topological polar surface area (TPSA) is 76.7 Å². The minimum absolute atomic E-state index is 0.212. The van der Waals surface area contributed by atoms with Crippen molar-refractivity contribution in [3.63, 3.8) is 0 Å². The van der Waals surface area contributed by atoms with Crippen LogP contribution in [0.5, 0.6) is 5.75 Å². The van der Waals surface area contributed by atoms with Crippen molar-refractivity contribution in [2.75, 3.05) is 12.4 Å². The predicted octanol–water partition coefficient (Wildman–Crippen LogP) is 9.81. The summed E-state index contributed by atoms with van der Waals surface area (Å²) in [5.41, 5.74) is 2.94. The Morgan fingerprint density at radius 2 is 1.39 bits per heavy atom. The number of hydrogen-bond acceptors (Lipinski definition) is 5. The second kappa shape index (κ2) is 19.8. The molecule has 0 spiro atoms. The highest BCUT2D eigenvalue weighted by molar-refractivity contribution is 6.31. The molecule has 6 nitrogen and oxygen atoms in total. The summed E-state index contributed by atoms with van der Waals surface area (Å²) >= 11 is 6.34. The number of amides is 1. The van der Waals surface area contributed by atoms with Crippen LogP contribution in [0.25, 0.3) is 0 Å². The molecule has 0 radical (unpaired) electrons. The Morgan fingerprint density at radius 1 is 0.773 bits per heavy atom. The molecular formula is C37H49ClN2O4. The molecule has 0 aromatic heterocycles. The van der Waals surface area contributed by atoms with E-state index in [0.29, 0.717) is 28.4 Å². The lowest BCUT2D eigenvalue weighted by molar-refractivity contribution is -0.146. The van der Waals surface area contributed by atoms with E-state index in [1.807, 2.05) is 61.5 Å². The molecule has 2 N–H and O–H groups in total. The van der Waals surface area contributed by atoms with Crippen molar-refractivity contribution >= 4 is 34.9 Å². The average molecular weight is 621 g/mol. The Balaban J connectivity index is 1.65. The molecule has 0 saturated carbocycles. The van der Waals surface area contributed by atoms with Crippen molar-refractivity contribution < 1.29 is 19.1 Å². The lowest BCUT2D eigenvalue weighted by atomic mass is 9.99. The van der Waals surface area contributed by atoms with Gasteiger partial charge in [0.15, 0.2) is 6.10 Å². The average Bonchev–Trinajstić information content (AvgIpc) is 3.03. The molecule has 0 aliphatic carbocycles. The summed E-state index contributed by atoms with van der Waals surface area (Å²) in [5, 5.41) is 7.24. The van der Waals surface area contributed by atoms with E-state index in [1.165, 1.54) is 58.5 Å². The molecular weight excluding hydrogens is 572 g/mol. The summed E-state index contributed by atoms with van der Waals surface area (Å²) in [7, 11) is 1.50. The molecule has 1 amide bonds. The fraction of sp³-hybridized carbons (Fsp3) is 0.459. The maximum absolute atomic E-state index is 13.7. The van der Waals surface area contributed by atoms with Crippen LogP contribution in [0, 0.1) is 6.92 Å². The molecule has 44 heavy (non-hydrogen) atoms. The summed E-state index contributed by atoms with van der Waals surface area (Å²) in [6.07, 6.45) is 12.5. The van der Waals surface area contributed by atoms with Crippen LogP contribution in [0.15, 0.2) is 72.8 Å². The standard InChI is InChI=1S/C37H49ClN2O4/c1-4-5-6-7-8-9-10-11-12-14-20-29(27-35(43-3)37(42)44-30-21-15-13-16-22-30)39-36(41)31-23-17-18-25-34(31)40-33-26-19-24-32(38)28(33)2/h13,15-19,21-26,29,35,40H,4-12,14,20,27H2,1-3H3,(H,39,41). The van der Waals surface area contributed by atoms with Crippen molar-refractivity contribution in [3.8, 4) is 5.75 Å². The maximum Gasteiger partial charge on any atom is 0.340 e. The summed E-state index contributed by atoms with van der Waals surface area (Å²) in [5.74, 6) is -0.221. The van der Waals surface area contributed by atoms with Gasteiger partial charge in [0.2, 0.25) is 0 Å². The number of carbonyl (C=O) groups is 2. The number of para-hydroxylation sites is 2. The largest absolute Gasteiger partial charge is 0.425 e. The first-order chi connectivity index (χ1) is 21.4. The Kier molecular flexibility index (Phi) is 15.8. The van der Waals surface area contributed by atoms with Gasteiger partial charge in [-0.3, -0.25) is 4.79 Å². The molecule has 0 saturated heterocycles. The number of hydrogen-bond donors (Lipinski definition) is 2. The van der Waals surface area contributed by atoms with Gasteiger partial charge in [0, 0.05) is 30.3 Å². The number of benzene rings is 3. The summed E-state index contributed by atoms with van der Waals surface area (Å²) in [4.78, 5) is 26.7. The third-order valence-corrected chi connectivity index (χ3v) is 8.37. The normalized spacial score (nSPS) is 12.4. The van der Waals surface area contributed by atoms with Crippen LogP contribution in [0.3, 0.4) is 0 Å². The van der Waals surface area contributed by atoms with E-state index in [1.54, 1.807) is 18.2 Å². The zero-order valence-electron chi connectivity index (χ0n) is 26.6. The highest BCUT2D eigenvalue weighted by atomic mass is 35.5. The first-order valence-corrected chi connectivity index (χ1v) is 16.5. The number of esters is 1. The number of nitrogens with one attached hydrogen (secondary N) is 2. The zero-order chi connectivity index (χ0) is 31.6. The first-order valence-electron chi connectivity index (χ1n) is 16.1. The second-order valence-corrected chi connectivity index (χ2v) is 11.8. The van der Waals surface area contributed by atoms with Crippen LogP contribution in [0.2, 0.25) is 5.02 Å². The highest BCUT2D eigenvalue weighted by Crippen LogP contribution is 2.28. The minimum atomic E-state index is -0.814. The van der Waals surface area contributed by atoms with Gasteiger partial charge in [0.25, 0.3) is 5.91 Å². The first kappa shape index (κ1) is 35.1. The second-order valence-electron chi connectivity index (χ2n) is 11.4. The van der Waals surface area contributed by atoms with Crippen molar-refractivity contribution in [3.05, 3.63) is 88.9 Å². The summed E-state index contributed by atoms with van der Waals surface area (Å²) < 4.78 is 11.2. The number of ether oxygens (including phenoxy) is 2. The molecule has 0 heterocycles. The molecule has 2 atom stereocenters. The van der Waals surface area contributed by atoms with Gasteiger partial charge in [-0.2, -0.15) is 0 Å². The fourth-order valence-corrected chi connectivity index (χ4v) is 5.46. The van der Waals surface area contributed by atoms with E-state index in [-0.39, 0.29) is 11.9 Å². The molecule has 0 bridgehead atoms. The van der Waals surface area contributed by atoms with Crippen molar-refractivity contribution in [1.29, 1.82) is 0 Å². The van der Waals surface area contributed by atoms with Gasteiger partial charge in [0.05, 0.1) is 11.3 Å². The number of methoxy groups -OCH3 is 1. The third-order valence-electron chi connectivity index (χ3n) is 7.96. The van der Waals surface area contributed by atoms with Gasteiger partial charge in [-0.25, -0.2) is 4.79 Å². The Hall–Kier alpha value is -3.35. The highest BCUT2D eigenvalue weighted by Gasteiger charge is 2.26. The molecule has 0 aliphatic rings. The van der Waals surface area contributed by atoms with Crippen LogP contribution in [0.4, 0.5) is 11.4 Å².